The van der Waals surface area contributed by atoms with Gasteiger partial charge in [0.1, 0.15) is 5.75 Å². The Morgan fingerprint density at radius 3 is 2.61 bits per heavy atom. The summed E-state index contributed by atoms with van der Waals surface area (Å²) in [4.78, 5) is 21.2. The van der Waals surface area contributed by atoms with Crippen LogP contribution in [0, 0.1) is 0 Å². The topological polar surface area (TPSA) is 96.3 Å². The SMILES string of the molecule is COc1ccccc1CNc1nc2nc(CNc3ccccc3)cc(=O)n2[nH]1. The van der Waals surface area contributed by atoms with Gasteiger partial charge in [-0.15, -0.1) is 0 Å². The van der Waals surface area contributed by atoms with Gasteiger partial charge >= 0.3 is 0 Å². The van der Waals surface area contributed by atoms with E-state index in [9.17, 15) is 4.79 Å². The predicted octanol–water partition coefficient (Wildman–Crippen LogP) is 2.65. The van der Waals surface area contributed by atoms with E-state index in [2.05, 4.69) is 25.7 Å². The van der Waals surface area contributed by atoms with Crippen LogP contribution in [0.3, 0.4) is 0 Å². The molecule has 8 heteroatoms. The molecule has 0 aliphatic carbocycles. The van der Waals surface area contributed by atoms with Crippen molar-refractivity contribution in [3.63, 3.8) is 0 Å². The van der Waals surface area contributed by atoms with Gasteiger partial charge in [0.05, 0.1) is 19.3 Å². The molecule has 4 aromatic rings. The van der Waals surface area contributed by atoms with Crippen LogP contribution in [0.1, 0.15) is 11.3 Å². The van der Waals surface area contributed by atoms with Crippen LogP contribution < -0.4 is 20.9 Å². The monoisotopic (exact) mass is 376 g/mol. The van der Waals surface area contributed by atoms with Crippen molar-refractivity contribution in [2.75, 3.05) is 17.7 Å². The van der Waals surface area contributed by atoms with Crippen LogP contribution >= 0.6 is 0 Å². The molecule has 0 bridgehead atoms. The van der Waals surface area contributed by atoms with E-state index < -0.39 is 0 Å². The molecule has 4 rings (SSSR count). The molecule has 0 radical (unpaired) electrons. The molecule has 0 unspecified atom stereocenters. The lowest BCUT2D eigenvalue weighted by Gasteiger charge is -2.08. The molecule has 0 amide bonds. The minimum Gasteiger partial charge on any atom is -0.496 e. The van der Waals surface area contributed by atoms with Gasteiger partial charge in [0.25, 0.3) is 11.3 Å². The normalized spacial score (nSPS) is 10.8. The summed E-state index contributed by atoms with van der Waals surface area (Å²) in [5, 5.41) is 9.34. The van der Waals surface area contributed by atoms with Gasteiger partial charge in [-0.05, 0) is 18.2 Å². The summed E-state index contributed by atoms with van der Waals surface area (Å²) in [5.41, 5.74) is 2.36. The molecule has 3 N–H and O–H groups in total. The smallest absolute Gasteiger partial charge is 0.274 e. The second kappa shape index (κ2) is 7.83. The zero-order chi connectivity index (χ0) is 19.3. The minimum atomic E-state index is -0.215. The van der Waals surface area contributed by atoms with Crippen LogP contribution in [0.5, 0.6) is 5.75 Å². The van der Waals surface area contributed by atoms with E-state index in [-0.39, 0.29) is 5.56 Å². The highest BCUT2D eigenvalue weighted by Crippen LogP contribution is 2.18. The molecule has 0 saturated carbocycles. The number of aromatic amines is 1. The number of hydrogen-bond donors (Lipinski definition) is 3. The lowest BCUT2D eigenvalue weighted by atomic mass is 10.2. The Labute approximate surface area is 161 Å². The third kappa shape index (κ3) is 3.80. The number of nitrogens with one attached hydrogen (secondary N) is 3. The fourth-order valence-corrected chi connectivity index (χ4v) is 2.87. The lowest BCUT2D eigenvalue weighted by Crippen LogP contribution is -2.17. The number of methoxy groups -OCH3 is 1. The Balaban J connectivity index is 1.50. The number of hydrogen-bond acceptors (Lipinski definition) is 6. The summed E-state index contributed by atoms with van der Waals surface area (Å²) >= 11 is 0. The quantitative estimate of drug-likeness (QED) is 0.459. The van der Waals surface area contributed by atoms with E-state index >= 15 is 0 Å². The molecular formula is C20H20N6O2. The van der Waals surface area contributed by atoms with Gasteiger partial charge in [-0.25, -0.2) is 4.98 Å². The molecule has 2 heterocycles. The first kappa shape index (κ1) is 17.6. The molecular weight excluding hydrogens is 356 g/mol. The van der Waals surface area contributed by atoms with Crippen LogP contribution in [-0.2, 0) is 13.1 Å². The standard InChI is InChI=1S/C20H20N6O2/c1-28-17-10-6-5-7-14(17)12-22-19-24-20-23-16(11-18(27)26(20)25-19)13-21-15-8-3-2-4-9-15/h2-11,21H,12-13H2,1H3,(H2,22,23,24,25). The molecule has 0 aliphatic rings. The first-order valence-electron chi connectivity index (χ1n) is 8.86. The maximum absolute atomic E-state index is 12.4. The molecule has 0 fully saturated rings. The Kier molecular flexibility index (Phi) is 4.92. The van der Waals surface area contributed by atoms with Crippen LogP contribution in [0.4, 0.5) is 11.6 Å². The van der Waals surface area contributed by atoms with Crippen molar-refractivity contribution in [2.45, 2.75) is 13.1 Å². The highest BCUT2D eigenvalue weighted by Gasteiger charge is 2.09. The number of nitrogens with zero attached hydrogens (tertiary/aromatic N) is 3. The predicted molar refractivity (Wildman–Crippen MR) is 108 cm³/mol. The van der Waals surface area contributed by atoms with Crippen molar-refractivity contribution in [1.82, 2.24) is 19.6 Å². The zero-order valence-corrected chi connectivity index (χ0v) is 15.3. The summed E-state index contributed by atoms with van der Waals surface area (Å²) in [7, 11) is 1.63. The largest absolute Gasteiger partial charge is 0.496 e. The summed E-state index contributed by atoms with van der Waals surface area (Å²) in [6, 6.07) is 19.0. The summed E-state index contributed by atoms with van der Waals surface area (Å²) < 4.78 is 6.66. The number of fused-ring (bicyclic) bond motifs is 1. The maximum Gasteiger partial charge on any atom is 0.274 e. The van der Waals surface area contributed by atoms with E-state index in [0.717, 1.165) is 17.0 Å². The van der Waals surface area contributed by atoms with Crippen molar-refractivity contribution in [1.29, 1.82) is 0 Å². The molecule has 2 aromatic carbocycles. The number of anilines is 2. The number of aromatic nitrogens is 4. The third-order valence-corrected chi connectivity index (χ3v) is 4.27. The van der Waals surface area contributed by atoms with Crippen LogP contribution in [-0.4, -0.2) is 26.7 Å². The van der Waals surface area contributed by atoms with Gasteiger partial charge in [0.2, 0.25) is 5.95 Å². The Bertz CT molecular complexity index is 1140. The number of para-hydroxylation sites is 2. The summed E-state index contributed by atoms with van der Waals surface area (Å²) in [6.07, 6.45) is 0. The maximum atomic E-state index is 12.4. The van der Waals surface area contributed by atoms with Crippen molar-refractivity contribution < 1.29 is 4.74 Å². The molecule has 8 nitrogen and oxygen atoms in total. The average Bonchev–Trinajstić information content (AvgIpc) is 3.15. The van der Waals surface area contributed by atoms with Crippen molar-refractivity contribution in [3.8, 4) is 5.75 Å². The van der Waals surface area contributed by atoms with Crippen molar-refractivity contribution in [2.24, 2.45) is 0 Å². The van der Waals surface area contributed by atoms with Crippen molar-refractivity contribution >= 4 is 17.4 Å². The average molecular weight is 376 g/mol. The highest BCUT2D eigenvalue weighted by molar-refractivity contribution is 5.44. The lowest BCUT2D eigenvalue weighted by molar-refractivity contribution is 0.410. The summed E-state index contributed by atoms with van der Waals surface area (Å²) in [6.45, 7) is 0.938. The molecule has 0 saturated heterocycles. The second-order valence-electron chi connectivity index (χ2n) is 6.18. The van der Waals surface area contributed by atoms with Gasteiger partial charge in [0, 0.05) is 23.9 Å². The minimum absolute atomic E-state index is 0.215. The van der Waals surface area contributed by atoms with E-state index in [1.807, 2.05) is 54.6 Å². The summed E-state index contributed by atoms with van der Waals surface area (Å²) in [5.74, 6) is 1.57. The Hall–Kier alpha value is -3.81. The second-order valence-corrected chi connectivity index (χ2v) is 6.18. The molecule has 28 heavy (non-hydrogen) atoms. The van der Waals surface area contributed by atoms with E-state index in [1.54, 1.807) is 7.11 Å². The molecule has 2 aromatic heterocycles. The van der Waals surface area contributed by atoms with Gasteiger partial charge in [0.15, 0.2) is 0 Å². The molecule has 142 valence electrons. The highest BCUT2D eigenvalue weighted by atomic mass is 16.5. The Morgan fingerprint density at radius 2 is 1.79 bits per heavy atom. The van der Waals surface area contributed by atoms with Crippen LogP contribution in [0.15, 0.2) is 65.5 Å². The molecule has 0 atom stereocenters. The molecule has 0 spiro atoms. The number of rotatable bonds is 7. The number of ether oxygens (including phenoxy) is 1. The number of benzene rings is 2. The van der Waals surface area contributed by atoms with E-state index in [1.165, 1.54) is 10.6 Å². The van der Waals surface area contributed by atoms with Gasteiger partial charge in [-0.2, -0.15) is 9.50 Å². The number of H-pyrrole nitrogens is 1. The third-order valence-electron chi connectivity index (χ3n) is 4.27. The fourth-order valence-electron chi connectivity index (χ4n) is 2.87. The van der Waals surface area contributed by atoms with Gasteiger partial charge in [-0.3, -0.25) is 9.89 Å². The molecule has 0 aliphatic heterocycles. The van der Waals surface area contributed by atoms with E-state index in [0.29, 0.717) is 30.5 Å². The van der Waals surface area contributed by atoms with E-state index in [4.69, 9.17) is 4.74 Å². The zero-order valence-electron chi connectivity index (χ0n) is 15.3. The van der Waals surface area contributed by atoms with Crippen molar-refractivity contribution in [3.05, 3.63) is 82.3 Å². The fraction of sp³-hybridized carbons (Fsp3) is 0.150. The first-order chi connectivity index (χ1) is 13.7. The Morgan fingerprint density at radius 1 is 1.00 bits per heavy atom. The van der Waals surface area contributed by atoms with Gasteiger partial charge in [-0.1, -0.05) is 36.4 Å². The van der Waals surface area contributed by atoms with Crippen LogP contribution in [0.2, 0.25) is 0 Å². The van der Waals surface area contributed by atoms with Crippen LogP contribution in [0.25, 0.3) is 5.78 Å². The first-order valence-corrected chi connectivity index (χ1v) is 8.86. The van der Waals surface area contributed by atoms with Gasteiger partial charge < -0.3 is 15.4 Å².